The van der Waals surface area contributed by atoms with Gasteiger partial charge in [0.2, 0.25) is 5.91 Å². The molecule has 0 radical (unpaired) electrons. The molecule has 49 heavy (non-hydrogen) atoms. The lowest BCUT2D eigenvalue weighted by atomic mass is 9.97. The van der Waals surface area contributed by atoms with Crippen molar-refractivity contribution in [1.82, 2.24) is 15.1 Å². The fraction of sp³-hybridized carbons (Fsp3) is 0.500. The zero-order valence-corrected chi connectivity index (χ0v) is 28.9. The number of aliphatic carboxylic acids is 1. The lowest BCUT2D eigenvalue weighted by molar-refractivity contribution is -0.192. The van der Waals surface area contributed by atoms with E-state index < -0.39 is 12.1 Å². The van der Waals surface area contributed by atoms with E-state index in [4.69, 9.17) is 9.90 Å². The SMILES string of the molecule is CC(C)CNCc1ccc(-c2cccc(CN(C(=O)CCC3CCCC3)C3CCN(Cc4ccccc4)CC3)c2)cc1.O=C(O)C(F)(F)F. The van der Waals surface area contributed by atoms with Crippen molar-refractivity contribution in [3.8, 4) is 11.1 Å². The van der Waals surface area contributed by atoms with Gasteiger partial charge >= 0.3 is 12.1 Å². The molecule has 6 nitrogen and oxygen atoms in total. The number of carbonyl (C=O) groups is 2. The second kappa shape index (κ2) is 18.9. The Bertz CT molecular complexity index is 1430. The Morgan fingerprint density at radius 3 is 2.10 bits per heavy atom. The predicted molar refractivity (Wildman–Crippen MR) is 189 cm³/mol. The highest BCUT2D eigenvalue weighted by atomic mass is 19.4. The van der Waals surface area contributed by atoms with Gasteiger partial charge in [-0.3, -0.25) is 9.69 Å². The molecule has 9 heteroatoms. The summed E-state index contributed by atoms with van der Waals surface area (Å²) < 4.78 is 31.7. The third-order valence-corrected chi connectivity index (χ3v) is 9.50. The quantitative estimate of drug-likeness (QED) is 0.189. The van der Waals surface area contributed by atoms with Gasteiger partial charge in [0.25, 0.3) is 0 Å². The van der Waals surface area contributed by atoms with E-state index in [0.717, 1.165) is 57.9 Å². The second-order valence-corrected chi connectivity index (χ2v) is 13.9. The van der Waals surface area contributed by atoms with Crippen LogP contribution in [0.5, 0.6) is 0 Å². The molecule has 2 fully saturated rings. The van der Waals surface area contributed by atoms with Crippen LogP contribution >= 0.6 is 0 Å². The van der Waals surface area contributed by atoms with Gasteiger partial charge in [-0.05, 0) is 71.5 Å². The van der Waals surface area contributed by atoms with E-state index in [-0.39, 0.29) is 0 Å². The van der Waals surface area contributed by atoms with E-state index >= 15 is 0 Å². The van der Waals surface area contributed by atoms with Crippen LogP contribution in [0.2, 0.25) is 0 Å². The zero-order valence-electron chi connectivity index (χ0n) is 28.9. The van der Waals surface area contributed by atoms with Gasteiger partial charge in [-0.25, -0.2) is 4.79 Å². The van der Waals surface area contributed by atoms with Crippen molar-refractivity contribution in [3.63, 3.8) is 0 Å². The maximum atomic E-state index is 13.8. The third kappa shape index (κ3) is 12.9. The molecule has 1 amide bonds. The fourth-order valence-electron chi connectivity index (χ4n) is 6.79. The van der Waals surface area contributed by atoms with Crippen molar-refractivity contribution in [2.45, 2.75) is 97.1 Å². The second-order valence-electron chi connectivity index (χ2n) is 13.9. The molecular formula is C40H52F3N3O3. The van der Waals surface area contributed by atoms with Crippen LogP contribution in [0.4, 0.5) is 13.2 Å². The van der Waals surface area contributed by atoms with Crippen molar-refractivity contribution in [2.75, 3.05) is 19.6 Å². The summed E-state index contributed by atoms with van der Waals surface area (Å²) >= 11 is 0. The van der Waals surface area contributed by atoms with Gasteiger partial charge in [-0.15, -0.1) is 0 Å². The molecule has 1 saturated carbocycles. The first kappa shape index (κ1) is 38.1. The molecule has 1 saturated heterocycles. The minimum absolute atomic E-state index is 0.314. The highest BCUT2D eigenvalue weighted by molar-refractivity contribution is 5.76. The van der Waals surface area contributed by atoms with Crippen molar-refractivity contribution < 1.29 is 27.9 Å². The Hall–Kier alpha value is -3.69. The van der Waals surface area contributed by atoms with E-state index in [0.29, 0.717) is 30.8 Å². The number of carboxylic acids is 1. The summed E-state index contributed by atoms with van der Waals surface area (Å²) in [4.78, 5) is 27.5. The maximum absolute atomic E-state index is 13.8. The van der Waals surface area contributed by atoms with Crippen LogP contribution < -0.4 is 5.32 Å². The Morgan fingerprint density at radius 1 is 0.857 bits per heavy atom. The highest BCUT2D eigenvalue weighted by Gasteiger charge is 2.38. The summed E-state index contributed by atoms with van der Waals surface area (Å²) in [6.07, 6.45) is 4.05. The number of alkyl halides is 3. The van der Waals surface area contributed by atoms with Gasteiger partial charge in [0, 0.05) is 45.2 Å². The van der Waals surface area contributed by atoms with E-state index in [1.165, 1.54) is 53.5 Å². The van der Waals surface area contributed by atoms with Gasteiger partial charge in [-0.2, -0.15) is 13.2 Å². The molecule has 3 aromatic carbocycles. The first-order chi connectivity index (χ1) is 23.5. The molecule has 0 bridgehead atoms. The first-order valence-corrected chi connectivity index (χ1v) is 17.7. The van der Waals surface area contributed by atoms with Crippen molar-refractivity contribution in [1.29, 1.82) is 0 Å². The van der Waals surface area contributed by atoms with E-state index in [1.54, 1.807) is 0 Å². The Kier molecular flexibility index (Phi) is 14.7. The van der Waals surface area contributed by atoms with Crippen LogP contribution in [0.25, 0.3) is 11.1 Å². The van der Waals surface area contributed by atoms with Gasteiger partial charge in [0.1, 0.15) is 0 Å². The number of carbonyl (C=O) groups excluding carboxylic acids is 1. The average molecular weight is 680 g/mol. The molecule has 5 rings (SSSR count). The number of hydrogen-bond acceptors (Lipinski definition) is 4. The van der Waals surface area contributed by atoms with Crippen molar-refractivity contribution in [2.24, 2.45) is 11.8 Å². The fourth-order valence-corrected chi connectivity index (χ4v) is 6.79. The Labute approximate surface area is 289 Å². The van der Waals surface area contributed by atoms with Crippen LogP contribution in [0, 0.1) is 11.8 Å². The number of halogens is 3. The van der Waals surface area contributed by atoms with Gasteiger partial charge in [-0.1, -0.05) is 112 Å². The Balaban J connectivity index is 0.000000698. The van der Waals surface area contributed by atoms with E-state index in [1.807, 2.05) is 0 Å². The number of piperidine rings is 1. The summed E-state index contributed by atoms with van der Waals surface area (Å²) in [5.74, 6) is -1.00. The average Bonchev–Trinajstić information content (AvgIpc) is 3.61. The van der Waals surface area contributed by atoms with Crippen molar-refractivity contribution in [3.05, 3.63) is 95.6 Å². The molecule has 0 unspecified atom stereocenters. The largest absolute Gasteiger partial charge is 0.490 e. The molecule has 0 atom stereocenters. The minimum Gasteiger partial charge on any atom is -0.475 e. The highest BCUT2D eigenvalue weighted by Crippen LogP contribution is 2.30. The third-order valence-electron chi connectivity index (χ3n) is 9.50. The number of hydrogen-bond donors (Lipinski definition) is 2. The minimum atomic E-state index is -5.08. The van der Waals surface area contributed by atoms with Crippen LogP contribution in [0.15, 0.2) is 78.9 Å². The number of rotatable bonds is 13. The maximum Gasteiger partial charge on any atom is 0.490 e. The Morgan fingerprint density at radius 2 is 1.49 bits per heavy atom. The lowest BCUT2D eigenvalue weighted by Gasteiger charge is -2.39. The van der Waals surface area contributed by atoms with Gasteiger partial charge < -0.3 is 15.3 Å². The molecule has 1 heterocycles. The smallest absolute Gasteiger partial charge is 0.475 e. The molecule has 2 N–H and O–H groups in total. The summed E-state index contributed by atoms with van der Waals surface area (Å²) in [5.41, 5.74) is 6.38. The molecule has 0 spiro atoms. The molecule has 2 aliphatic rings. The van der Waals surface area contributed by atoms with Crippen molar-refractivity contribution >= 4 is 11.9 Å². The molecule has 3 aromatic rings. The topological polar surface area (TPSA) is 72.9 Å². The number of likely N-dealkylation sites (tertiary alicyclic amines) is 1. The van der Waals surface area contributed by atoms with Gasteiger partial charge in [0.15, 0.2) is 0 Å². The molecule has 0 aromatic heterocycles. The molecular weight excluding hydrogens is 627 g/mol. The number of nitrogens with one attached hydrogen (secondary N) is 1. The van der Waals surface area contributed by atoms with Crippen LogP contribution in [0.1, 0.15) is 81.9 Å². The number of benzene rings is 3. The predicted octanol–water partition coefficient (Wildman–Crippen LogP) is 8.70. The zero-order chi connectivity index (χ0) is 35.2. The van der Waals surface area contributed by atoms with E-state index in [2.05, 4.69) is 108 Å². The molecule has 266 valence electrons. The monoisotopic (exact) mass is 679 g/mol. The van der Waals surface area contributed by atoms with Crippen LogP contribution in [-0.4, -0.2) is 58.6 Å². The van der Waals surface area contributed by atoms with E-state index in [9.17, 15) is 18.0 Å². The number of amides is 1. The van der Waals surface area contributed by atoms with Crippen LogP contribution in [0.3, 0.4) is 0 Å². The molecule has 1 aliphatic heterocycles. The summed E-state index contributed by atoms with van der Waals surface area (Å²) in [6.45, 7) is 10.2. The standard InChI is InChI=1S/C38H51N3O.C2HF3O2/c1-30(2)26-39-27-32-15-18-35(19-16-32)36-14-8-13-34(25-36)29-41(38(42)20-17-31-9-6-7-10-31)37-21-23-40(24-22-37)28-33-11-4-3-5-12-33;3-2(4,5)1(6)7/h3-5,8,11-16,18-19,25,30-31,37,39H,6-7,9-10,17,20-24,26-29H2,1-2H3;(H,6,7). The number of nitrogens with zero attached hydrogens (tertiary/aromatic N) is 2. The number of carboxylic acid groups (broad SMARTS) is 1. The normalized spacial score (nSPS) is 16.0. The summed E-state index contributed by atoms with van der Waals surface area (Å²) in [6, 6.07) is 28.9. The first-order valence-electron chi connectivity index (χ1n) is 17.7. The summed E-state index contributed by atoms with van der Waals surface area (Å²) in [5, 5.41) is 10.7. The molecule has 1 aliphatic carbocycles. The van der Waals surface area contributed by atoms with Crippen LogP contribution in [-0.2, 0) is 29.2 Å². The lowest BCUT2D eigenvalue weighted by Crippen LogP contribution is -2.46. The van der Waals surface area contributed by atoms with Gasteiger partial charge in [0.05, 0.1) is 0 Å². The summed E-state index contributed by atoms with van der Waals surface area (Å²) in [7, 11) is 0.